The molecule has 1 unspecified atom stereocenters. The van der Waals surface area contributed by atoms with E-state index in [2.05, 4.69) is 50.9 Å². The molecule has 6 atom stereocenters. The van der Waals surface area contributed by atoms with Crippen LogP contribution in [-0.2, 0) is 43.2 Å². The van der Waals surface area contributed by atoms with Gasteiger partial charge in [0.2, 0.25) is 5.91 Å². The number of likely N-dealkylation sites (tertiary alicyclic amines) is 2. The van der Waals surface area contributed by atoms with Crippen molar-refractivity contribution >= 4 is 24.0 Å². The minimum atomic E-state index is -0.941. The predicted octanol–water partition coefficient (Wildman–Crippen LogP) is 7.19. The van der Waals surface area contributed by atoms with Crippen LogP contribution in [0.4, 0.5) is 9.59 Å². The van der Waals surface area contributed by atoms with Gasteiger partial charge in [0.05, 0.1) is 50.5 Å². The van der Waals surface area contributed by atoms with Crippen LogP contribution in [0.3, 0.4) is 0 Å². The number of rotatable bonds is 11. The number of aryl methyl sites for hydroxylation is 2. The largest absolute Gasteiger partial charge is 0.488 e. The molecule has 4 N–H and O–H groups in total. The molecule has 2 saturated heterocycles. The van der Waals surface area contributed by atoms with E-state index in [1.807, 2.05) is 67.1 Å². The first-order valence-corrected chi connectivity index (χ1v) is 22.4. The Morgan fingerprint density at radius 1 is 0.846 bits per heavy atom. The molecular formula is C49H56N8O8. The summed E-state index contributed by atoms with van der Waals surface area (Å²) >= 11 is 0. The van der Waals surface area contributed by atoms with E-state index in [0.29, 0.717) is 43.4 Å². The molecule has 1 aliphatic carbocycles. The van der Waals surface area contributed by atoms with Crippen LogP contribution in [0.2, 0.25) is 0 Å². The van der Waals surface area contributed by atoms with Crippen LogP contribution in [0.1, 0.15) is 92.2 Å². The Hall–Kier alpha value is -6.68. The number of hydrogen-bond donors (Lipinski definition) is 4. The maximum Gasteiger partial charge on any atom is 0.407 e. The van der Waals surface area contributed by atoms with E-state index in [1.165, 1.54) is 19.8 Å². The summed E-state index contributed by atoms with van der Waals surface area (Å²) in [6, 6.07) is 17.6. The minimum absolute atomic E-state index is 0.0197. The van der Waals surface area contributed by atoms with Gasteiger partial charge in [-0.05, 0) is 91.0 Å². The average molecular weight is 885 g/mol. The van der Waals surface area contributed by atoms with Gasteiger partial charge in [0.25, 0.3) is 5.91 Å². The molecule has 65 heavy (non-hydrogen) atoms. The van der Waals surface area contributed by atoms with Crippen molar-refractivity contribution in [3.05, 3.63) is 101 Å². The molecule has 9 rings (SSSR count). The number of aromatic nitrogens is 4. The fraction of sp³-hybridized carbons (Fsp3) is 0.429. The van der Waals surface area contributed by atoms with Gasteiger partial charge in [-0.25, -0.2) is 19.6 Å². The molecule has 2 fully saturated rings. The number of imidazole rings is 2. The number of carbonyl (C=O) groups is 4. The fourth-order valence-corrected chi connectivity index (χ4v) is 10.1. The van der Waals surface area contributed by atoms with E-state index in [4.69, 9.17) is 28.9 Å². The second-order valence-electron chi connectivity index (χ2n) is 17.9. The predicted molar refractivity (Wildman–Crippen MR) is 240 cm³/mol. The zero-order chi connectivity index (χ0) is 45.5. The normalized spacial score (nSPS) is 20.5. The summed E-state index contributed by atoms with van der Waals surface area (Å²) in [5, 5.41) is 5.49. The number of aromatic amines is 2. The monoisotopic (exact) mass is 884 g/mol. The molecular weight excluding hydrogens is 829 g/mol. The topological polar surface area (TPSA) is 193 Å². The molecule has 3 aliphatic heterocycles. The van der Waals surface area contributed by atoms with Crippen LogP contribution in [0, 0.1) is 11.8 Å². The first kappa shape index (κ1) is 43.6. The van der Waals surface area contributed by atoms with Crippen LogP contribution in [-0.4, -0.2) is 100 Å². The number of methoxy groups -OCH3 is 3. The molecule has 4 aliphatic rings. The van der Waals surface area contributed by atoms with Crippen molar-refractivity contribution in [2.24, 2.45) is 11.8 Å². The second-order valence-corrected chi connectivity index (χ2v) is 17.9. The van der Waals surface area contributed by atoms with Crippen molar-refractivity contribution in [2.45, 2.75) is 89.7 Å². The number of H-pyrrole nitrogens is 2. The third-order valence-corrected chi connectivity index (χ3v) is 13.4. The Labute approximate surface area is 377 Å². The molecule has 2 aromatic heterocycles. The number of carbonyl (C=O) groups excluding carboxylic acids is 4. The van der Waals surface area contributed by atoms with Gasteiger partial charge >= 0.3 is 12.2 Å². The molecule has 0 bridgehead atoms. The van der Waals surface area contributed by atoms with E-state index < -0.39 is 24.3 Å². The highest BCUT2D eigenvalue weighted by molar-refractivity contribution is 5.88. The fourth-order valence-electron chi connectivity index (χ4n) is 10.1. The van der Waals surface area contributed by atoms with Crippen LogP contribution in [0.15, 0.2) is 66.9 Å². The third-order valence-electron chi connectivity index (χ3n) is 13.4. The van der Waals surface area contributed by atoms with Crippen molar-refractivity contribution in [2.75, 3.05) is 34.5 Å². The summed E-state index contributed by atoms with van der Waals surface area (Å²) in [7, 11) is 4.24. The minimum Gasteiger partial charge on any atom is -0.488 e. The standard InChI is InChI=1S/C49H56N8O8/c1-26(2)41(54-48(60)63-5)47(59)57-27(3)12-17-38(57)44-50-22-37(52-44)31-13-15-33-32(19-31)25-65-40-21-34-30(20-35(33)40)14-16-36-43(34)53-45(51-36)39-18-28(24-62-4)23-56(39)46(58)42(55-49(61)64-6)29-10-8-7-9-11-29/h7-11,13,15,19-22,26-28,38-39,41-42H,12,14,16-18,23-25H2,1-6H3,(H,50,52)(H,51,53)(H,54,60)(H,55,61)/t27-,28-,38-,39-,41?,42+/m0/s1. The number of ether oxygens (including phenoxy) is 4. The molecule has 0 spiro atoms. The highest BCUT2D eigenvalue weighted by Gasteiger charge is 2.43. The van der Waals surface area contributed by atoms with Gasteiger partial charge in [0.15, 0.2) is 0 Å². The molecule has 0 radical (unpaired) electrons. The van der Waals surface area contributed by atoms with Crippen molar-refractivity contribution in [1.29, 1.82) is 0 Å². The van der Waals surface area contributed by atoms with Crippen molar-refractivity contribution < 1.29 is 38.1 Å². The van der Waals surface area contributed by atoms with Gasteiger partial charge < -0.3 is 49.3 Å². The zero-order valence-electron chi connectivity index (χ0n) is 37.6. The summed E-state index contributed by atoms with van der Waals surface area (Å²) in [6.07, 6.45) is 4.27. The summed E-state index contributed by atoms with van der Waals surface area (Å²) in [5.41, 5.74) is 9.68. The molecule has 5 aromatic rings. The van der Waals surface area contributed by atoms with E-state index in [0.717, 1.165) is 76.3 Å². The number of nitrogens with zero attached hydrogens (tertiary/aromatic N) is 4. The van der Waals surface area contributed by atoms with Crippen molar-refractivity contribution in [3.8, 4) is 39.4 Å². The molecule has 340 valence electrons. The average Bonchev–Trinajstić information content (AvgIpc) is 4.15. The SMILES string of the molecule is COC[C@H]1C[C@@H](c2nc3c([nH]2)CCc2cc4c(cc2-3)OCc2cc(-c3cnc([C@@H]5CC[C@H](C)N5C(=O)C(NC(=O)OC)C(C)C)[nH]3)ccc2-4)N(C(=O)[C@H](NC(=O)OC)c2ccccc2)C1. The van der Waals surface area contributed by atoms with Crippen LogP contribution >= 0.6 is 0 Å². The Kier molecular flexibility index (Phi) is 12.1. The quantitative estimate of drug-likeness (QED) is 0.106. The summed E-state index contributed by atoms with van der Waals surface area (Å²) < 4.78 is 21.8. The van der Waals surface area contributed by atoms with Gasteiger partial charge in [0.1, 0.15) is 36.1 Å². The lowest BCUT2D eigenvalue weighted by Crippen LogP contribution is -2.52. The first-order valence-electron chi connectivity index (χ1n) is 22.4. The highest BCUT2D eigenvalue weighted by atomic mass is 16.5. The summed E-state index contributed by atoms with van der Waals surface area (Å²) in [5.74, 6) is 1.74. The van der Waals surface area contributed by atoms with E-state index in [1.54, 1.807) is 7.11 Å². The molecule has 16 nitrogen and oxygen atoms in total. The van der Waals surface area contributed by atoms with Gasteiger partial charge in [-0.2, -0.15) is 0 Å². The van der Waals surface area contributed by atoms with Crippen molar-refractivity contribution in [1.82, 2.24) is 40.4 Å². The Morgan fingerprint density at radius 3 is 2.38 bits per heavy atom. The lowest BCUT2D eigenvalue weighted by Gasteiger charge is -2.32. The van der Waals surface area contributed by atoms with Gasteiger partial charge in [0, 0.05) is 42.4 Å². The molecule has 4 amide bonds. The Balaban J connectivity index is 0.959. The Morgan fingerprint density at radius 2 is 1.63 bits per heavy atom. The first-order chi connectivity index (χ1) is 31.5. The van der Waals surface area contributed by atoms with Gasteiger partial charge in [-0.1, -0.05) is 56.3 Å². The van der Waals surface area contributed by atoms with Crippen LogP contribution in [0.5, 0.6) is 5.75 Å². The van der Waals surface area contributed by atoms with E-state index in [-0.39, 0.29) is 41.8 Å². The lowest BCUT2D eigenvalue weighted by molar-refractivity contribution is -0.137. The number of benzene rings is 3. The number of alkyl carbamates (subject to hydrolysis) is 2. The summed E-state index contributed by atoms with van der Waals surface area (Å²) in [6.45, 7) is 7.16. The maximum atomic E-state index is 14.4. The second kappa shape index (κ2) is 18.1. The number of fused-ring (bicyclic) bond motifs is 6. The lowest BCUT2D eigenvalue weighted by atomic mass is 9.86. The van der Waals surface area contributed by atoms with Crippen LogP contribution < -0.4 is 15.4 Å². The zero-order valence-corrected chi connectivity index (χ0v) is 37.6. The smallest absolute Gasteiger partial charge is 0.407 e. The molecule has 5 heterocycles. The highest BCUT2D eigenvalue weighted by Crippen LogP contribution is 2.46. The summed E-state index contributed by atoms with van der Waals surface area (Å²) in [4.78, 5) is 73.7. The number of amides is 4. The van der Waals surface area contributed by atoms with E-state index >= 15 is 0 Å². The molecule has 3 aromatic carbocycles. The van der Waals surface area contributed by atoms with Gasteiger partial charge in [-0.15, -0.1) is 0 Å². The maximum absolute atomic E-state index is 14.4. The van der Waals surface area contributed by atoms with Crippen molar-refractivity contribution in [3.63, 3.8) is 0 Å². The van der Waals surface area contributed by atoms with E-state index in [9.17, 15) is 19.2 Å². The number of hydrogen-bond acceptors (Lipinski definition) is 10. The Bertz CT molecular complexity index is 2610. The molecule has 16 heteroatoms. The van der Waals surface area contributed by atoms with Gasteiger partial charge in [-0.3, -0.25) is 9.59 Å². The third kappa shape index (κ3) is 8.31. The van der Waals surface area contributed by atoms with Crippen LogP contribution in [0.25, 0.3) is 33.6 Å². The molecule has 0 saturated carbocycles. The number of nitrogens with one attached hydrogen (secondary N) is 4.